The van der Waals surface area contributed by atoms with Crippen molar-refractivity contribution in [2.24, 2.45) is 0 Å². The van der Waals surface area contributed by atoms with E-state index in [-0.39, 0.29) is 17.8 Å². The molecule has 0 fully saturated rings. The van der Waals surface area contributed by atoms with Crippen molar-refractivity contribution >= 4 is 28.6 Å². The first kappa shape index (κ1) is 13.8. The smallest absolute Gasteiger partial charge is 0.311 e. The number of nitriles is 1. The summed E-state index contributed by atoms with van der Waals surface area (Å²) in [6.07, 6.45) is -2.91. The molecule has 0 bridgehead atoms. The quantitative estimate of drug-likeness (QED) is 0.618. The summed E-state index contributed by atoms with van der Waals surface area (Å²) < 4.78 is 30.0. The lowest BCUT2D eigenvalue weighted by atomic mass is 10.1. The van der Waals surface area contributed by atoms with E-state index in [1.165, 1.54) is 7.11 Å². The van der Waals surface area contributed by atoms with Gasteiger partial charge in [0.05, 0.1) is 24.8 Å². The fraction of sp³-hybridized carbons (Fsp3) is 0.300. The standard InChI is InChI=1S/C10H7F2IN2O2/c1-17-9(16)3-7-6(13)2-5(10(11)12)8(4-14)15-7/h2,10H,3H2,1H3. The molecule has 4 nitrogen and oxygen atoms in total. The van der Waals surface area contributed by atoms with Gasteiger partial charge in [0.15, 0.2) is 0 Å². The largest absolute Gasteiger partial charge is 0.469 e. The van der Waals surface area contributed by atoms with Crippen molar-refractivity contribution in [2.75, 3.05) is 7.11 Å². The molecule has 7 heteroatoms. The van der Waals surface area contributed by atoms with E-state index in [4.69, 9.17) is 5.26 Å². The molecule has 1 rings (SSSR count). The number of halogens is 3. The van der Waals surface area contributed by atoms with Crippen LogP contribution in [0.4, 0.5) is 8.78 Å². The Morgan fingerprint density at radius 1 is 1.71 bits per heavy atom. The van der Waals surface area contributed by atoms with Crippen LogP contribution in [0.5, 0.6) is 0 Å². The summed E-state index contributed by atoms with van der Waals surface area (Å²) in [6.45, 7) is 0. The van der Waals surface area contributed by atoms with Crippen molar-refractivity contribution in [2.45, 2.75) is 12.8 Å². The van der Waals surface area contributed by atoms with Crippen LogP contribution in [0.15, 0.2) is 6.07 Å². The zero-order chi connectivity index (χ0) is 13.0. The Bertz CT molecular complexity index is 486. The predicted molar refractivity (Wildman–Crippen MR) is 62.3 cm³/mol. The monoisotopic (exact) mass is 352 g/mol. The number of nitrogens with zero attached hydrogens (tertiary/aromatic N) is 2. The molecule has 0 saturated heterocycles. The van der Waals surface area contributed by atoms with E-state index in [0.29, 0.717) is 3.57 Å². The Hall–Kier alpha value is -1.30. The van der Waals surface area contributed by atoms with Crippen LogP contribution in [0.2, 0.25) is 0 Å². The van der Waals surface area contributed by atoms with Gasteiger partial charge in [0.2, 0.25) is 0 Å². The first-order chi connectivity index (χ1) is 7.99. The molecule has 0 aromatic carbocycles. The second-order valence-electron chi connectivity index (χ2n) is 3.02. The van der Waals surface area contributed by atoms with E-state index in [1.54, 1.807) is 28.7 Å². The van der Waals surface area contributed by atoms with Crippen LogP contribution in [0.3, 0.4) is 0 Å². The summed E-state index contributed by atoms with van der Waals surface area (Å²) in [5, 5.41) is 8.71. The Kier molecular flexibility index (Phi) is 4.74. The Morgan fingerprint density at radius 2 is 2.35 bits per heavy atom. The van der Waals surface area contributed by atoms with Crippen LogP contribution in [-0.4, -0.2) is 18.1 Å². The van der Waals surface area contributed by atoms with Gasteiger partial charge in [-0.3, -0.25) is 4.79 Å². The summed E-state index contributed by atoms with van der Waals surface area (Å²) in [6, 6.07) is 2.75. The number of hydrogen-bond donors (Lipinski definition) is 0. The Balaban J connectivity index is 3.19. The number of ether oxygens (including phenoxy) is 1. The average molecular weight is 352 g/mol. The lowest BCUT2D eigenvalue weighted by molar-refractivity contribution is -0.139. The highest BCUT2D eigenvalue weighted by Crippen LogP contribution is 2.25. The predicted octanol–water partition coefficient (Wildman–Crippen LogP) is 2.21. The van der Waals surface area contributed by atoms with Crippen molar-refractivity contribution < 1.29 is 18.3 Å². The van der Waals surface area contributed by atoms with Gasteiger partial charge in [0.25, 0.3) is 6.43 Å². The number of rotatable bonds is 3. The molecule has 0 atom stereocenters. The maximum absolute atomic E-state index is 12.6. The molecular weight excluding hydrogens is 345 g/mol. The Labute approximate surface area is 110 Å². The van der Waals surface area contributed by atoms with Gasteiger partial charge in [-0.15, -0.1) is 0 Å². The van der Waals surface area contributed by atoms with Gasteiger partial charge in [0, 0.05) is 3.57 Å². The lowest BCUT2D eigenvalue weighted by Crippen LogP contribution is -2.10. The normalized spacial score (nSPS) is 10.1. The van der Waals surface area contributed by atoms with E-state index in [2.05, 4.69) is 9.72 Å². The van der Waals surface area contributed by atoms with Crippen LogP contribution < -0.4 is 0 Å². The van der Waals surface area contributed by atoms with Gasteiger partial charge < -0.3 is 4.74 Å². The Morgan fingerprint density at radius 3 is 2.82 bits per heavy atom. The molecule has 0 aliphatic carbocycles. The number of methoxy groups -OCH3 is 1. The van der Waals surface area contributed by atoms with Crippen molar-refractivity contribution in [3.63, 3.8) is 0 Å². The van der Waals surface area contributed by atoms with Gasteiger partial charge in [0.1, 0.15) is 11.8 Å². The van der Waals surface area contributed by atoms with Gasteiger partial charge in [-0.2, -0.15) is 5.26 Å². The summed E-state index contributed by atoms with van der Waals surface area (Å²) >= 11 is 1.79. The highest BCUT2D eigenvalue weighted by Gasteiger charge is 2.18. The lowest BCUT2D eigenvalue weighted by Gasteiger charge is -2.07. The fourth-order valence-electron chi connectivity index (χ4n) is 1.13. The summed E-state index contributed by atoms with van der Waals surface area (Å²) in [4.78, 5) is 14.8. The molecule has 0 unspecified atom stereocenters. The summed E-state index contributed by atoms with van der Waals surface area (Å²) in [5.74, 6) is -0.538. The van der Waals surface area contributed by atoms with E-state index < -0.39 is 18.0 Å². The molecule has 1 aromatic rings. The molecule has 17 heavy (non-hydrogen) atoms. The SMILES string of the molecule is COC(=O)Cc1nc(C#N)c(C(F)F)cc1I. The summed E-state index contributed by atoms with van der Waals surface area (Å²) in [5.41, 5.74) is -0.525. The molecular formula is C10H7F2IN2O2. The van der Waals surface area contributed by atoms with Gasteiger partial charge in [-0.25, -0.2) is 13.8 Å². The number of hydrogen-bond acceptors (Lipinski definition) is 4. The molecule has 1 heterocycles. The van der Waals surface area contributed by atoms with Crippen molar-refractivity contribution in [1.82, 2.24) is 4.98 Å². The van der Waals surface area contributed by atoms with E-state index >= 15 is 0 Å². The van der Waals surface area contributed by atoms with Crippen LogP contribution in [0.1, 0.15) is 23.4 Å². The van der Waals surface area contributed by atoms with E-state index in [0.717, 1.165) is 6.07 Å². The number of esters is 1. The highest BCUT2D eigenvalue weighted by molar-refractivity contribution is 14.1. The molecule has 0 N–H and O–H groups in total. The number of pyridine rings is 1. The van der Waals surface area contributed by atoms with Crippen molar-refractivity contribution in [3.05, 3.63) is 26.6 Å². The maximum Gasteiger partial charge on any atom is 0.311 e. The number of alkyl halides is 2. The number of carbonyl (C=O) groups excluding carboxylic acids is 1. The third-order valence-corrected chi connectivity index (χ3v) is 2.89. The van der Waals surface area contributed by atoms with E-state index in [1.807, 2.05) is 0 Å². The van der Waals surface area contributed by atoms with Gasteiger partial charge >= 0.3 is 5.97 Å². The maximum atomic E-state index is 12.6. The minimum atomic E-state index is -2.77. The molecule has 0 radical (unpaired) electrons. The van der Waals surface area contributed by atoms with Crippen LogP contribution >= 0.6 is 22.6 Å². The molecule has 0 amide bonds. The molecule has 0 aliphatic rings. The fourth-order valence-corrected chi connectivity index (χ4v) is 1.78. The van der Waals surface area contributed by atoms with Crippen molar-refractivity contribution in [1.29, 1.82) is 5.26 Å². The zero-order valence-corrected chi connectivity index (χ0v) is 10.9. The zero-order valence-electron chi connectivity index (χ0n) is 8.71. The first-order valence-corrected chi connectivity index (χ1v) is 5.51. The van der Waals surface area contributed by atoms with Gasteiger partial charge in [-0.05, 0) is 28.7 Å². The topological polar surface area (TPSA) is 63.0 Å². The molecule has 0 aliphatic heterocycles. The second kappa shape index (κ2) is 5.86. The third kappa shape index (κ3) is 3.33. The van der Waals surface area contributed by atoms with Crippen LogP contribution in [0, 0.1) is 14.9 Å². The molecule has 1 aromatic heterocycles. The van der Waals surface area contributed by atoms with Crippen LogP contribution in [0.25, 0.3) is 0 Å². The van der Waals surface area contributed by atoms with E-state index in [9.17, 15) is 13.6 Å². The minimum Gasteiger partial charge on any atom is -0.469 e. The van der Waals surface area contributed by atoms with Gasteiger partial charge in [-0.1, -0.05) is 0 Å². The summed E-state index contributed by atoms with van der Waals surface area (Å²) in [7, 11) is 1.22. The first-order valence-electron chi connectivity index (χ1n) is 4.44. The molecule has 0 saturated carbocycles. The van der Waals surface area contributed by atoms with Crippen molar-refractivity contribution in [3.8, 4) is 6.07 Å². The molecule has 0 spiro atoms. The second-order valence-corrected chi connectivity index (χ2v) is 4.18. The number of carbonyl (C=O) groups is 1. The average Bonchev–Trinajstić information content (AvgIpc) is 2.30. The number of aromatic nitrogens is 1. The van der Waals surface area contributed by atoms with Crippen LogP contribution in [-0.2, 0) is 16.0 Å². The highest BCUT2D eigenvalue weighted by atomic mass is 127. The molecule has 90 valence electrons. The third-order valence-electron chi connectivity index (χ3n) is 1.96. The minimum absolute atomic E-state index is 0.146.